The number of nitrogens with zero attached hydrogens (tertiary/aromatic N) is 4. The fourth-order valence-corrected chi connectivity index (χ4v) is 3.53. The molecule has 2 N–H and O–H groups in total. The Labute approximate surface area is 181 Å². The molecule has 33 heavy (non-hydrogen) atoms. The number of pyridine rings is 1. The predicted octanol–water partition coefficient (Wildman–Crippen LogP) is 3.42. The summed E-state index contributed by atoms with van der Waals surface area (Å²) in [5, 5.41) is 9.73. The first-order valence-corrected chi connectivity index (χ1v) is 9.55. The molecule has 5 rings (SSSR count). The number of fused-ring (bicyclic) bond motifs is 1. The average molecular weight is 454 g/mol. The highest BCUT2D eigenvalue weighted by molar-refractivity contribution is 5.81. The van der Waals surface area contributed by atoms with Crippen LogP contribution in [0, 0.1) is 6.92 Å². The molecule has 1 aromatic carbocycles. The molecule has 0 saturated heterocycles. The quantitative estimate of drug-likeness (QED) is 0.431. The topological polar surface area (TPSA) is 122 Å². The summed E-state index contributed by atoms with van der Waals surface area (Å²) in [6.07, 6.45) is -3.35. The van der Waals surface area contributed by atoms with E-state index in [1.54, 1.807) is 24.3 Å². The van der Waals surface area contributed by atoms with Gasteiger partial charge in [-0.05, 0) is 24.6 Å². The smallest absolute Gasteiger partial charge is 0.416 e. The van der Waals surface area contributed by atoms with Crippen molar-refractivity contribution in [2.75, 3.05) is 0 Å². The minimum Gasteiger partial charge on any atom is -0.416 e. The van der Waals surface area contributed by atoms with Gasteiger partial charge in [0, 0.05) is 6.20 Å². The largest absolute Gasteiger partial charge is 0.433 e. The van der Waals surface area contributed by atoms with E-state index in [4.69, 9.17) is 4.42 Å². The minimum atomic E-state index is -4.77. The highest BCUT2D eigenvalue weighted by Crippen LogP contribution is 2.38. The van der Waals surface area contributed by atoms with Crippen molar-refractivity contribution in [3.05, 3.63) is 80.8 Å². The van der Waals surface area contributed by atoms with E-state index in [9.17, 15) is 22.8 Å². The molecule has 0 spiro atoms. The van der Waals surface area contributed by atoms with Gasteiger partial charge in [-0.1, -0.05) is 30.3 Å². The second kappa shape index (κ2) is 7.29. The summed E-state index contributed by atoms with van der Waals surface area (Å²) in [5.74, 6) is -0.426. The van der Waals surface area contributed by atoms with Gasteiger partial charge in [0.1, 0.15) is 16.8 Å². The summed E-state index contributed by atoms with van der Waals surface area (Å²) < 4.78 is 47.6. The number of halogens is 3. The second-order valence-electron chi connectivity index (χ2n) is 7.09. The third-order valence-electron chi connectivity index (χ3n) is 4.99. The fraction of sp³-hybridized carbons (Fsp3) is 0.0952. The lowest BCUT2D eigenvalue weighted by atomic mass is 10.1. The van der Waals surface area contributed by atoms with E-state index < -0.39 is 23.0 Å². The van der Waals surface area contributed by atoms with Crippen molar-refractivity contribution < 1.29 is 17.6 Å². The molecule has 4 heterocycles. The number of nitrogens with one attached hydrogen (secondary N) is 2. The molecule has 9 nitrogen and oxygen atoms in total. The number of aromatic amines is 2. The lowest BCUT2D eigenvalue weighted by Crippen LogP contribution is -2.20. The molecule has 0 atom stereocenters. The number of aromatic nitrogens is 6. The molecular weight excluding hydrogens is 441 g/mol. The first-order chi connectivity index (χ1) is 15.8. The summed E-state index contributed by atoms with van der Waals surface area (Å²) >= 11 is 0. The van der Waals surface area contributed by atoms with Crippen LogP contribution in [0.2, 0.25) is 0 Å². The van der Waals surface area contributed by atoms with Crippen molar-refractivity contribution in [3.63, 3.8) is 0 Å². The highest BCUT2D eigenvalue weighted by atomic mass is 19.4. The van der Waals surface area contributed by atoms with Gasteiger partial charge >= 0.3 is 6.18 Å². The van der Waals surface area contributed by atoms with Crippen LogP contribution in [0.5, 0.6) is 0 Å². The van der Waals surface area contributed by atoms with Gasteiger partial charge in [0.25, 0.3) is 22.9 Å². The van der Waals surface area contributed by atoms with Crippen LogP contribution in [0.15, 0.2) is 62.7 Å². The molecule has 0 saturated carbocycles. The number of H-pyrrole nitrogens is 2. The Hall–Kier alpha value is -4.48. The van der Waals surface area contributed by atoms with E-state index >= 15 is 0 Å². The number of alkyl halides is 3. The van der Waals surface area contributed by atoms with Crippen molar-refractivity contribution in [1.29, 1.82) is 0 Å². The highest BCUT2D eigenvalue weighted by Gasteiger charge is 2.38. The van der Waals surface area contributed by atoms with Gasteiger partial charge in [-0.25, -0.2) is 4.98 Å². The van der Waals surface area contributed by atoms with Gasteiger partial charge in [0.05, 0.1) is 11.3 Å². The summed E-state index contributed by atoms with van der Waals surface area (Å²) in [7, 11) is 0. The fourth-order valence-electron chi connectivity index (χ4n) is 3.53. The molecular formula is C21H13F3N6O3. The summed E-state index contributed by atoms with van der Waals surface area (Å²) in [6.45, 7) is 1.45. The monoisotopic (exact) mass is 454 g/mol. The van der Waals surface area contributed by atoms with Gasteiger partial charge < -0.3 is 9.40 Å². The van der Waals surface area contributed by atoms with E-state index in [2.05, 4.69) is 25.3 Å². The van der Waals surface area contributed by atoms with Crippen LogP contribution in [-0.4, -0.2) is 29.8 Å². The van der Waals surface area contributed by atoms with E-state index in [1.807, 2.05) is 0 Å². The Morgan fingerprint density at radius 1 is 0.970 bits per heavy atom. The first kappa shape index (κ1) is 20.4. The molecule has 0 radical (unpaired) electrons. The van der Waals surface area contributed by atoms with Crippen LogP contribution in [0.3, 0.4) is 0 Å². The summed E-state index contributed by atoms with van der Waals surface area (Å²) in [5.41, 5.74) is -2.69. The maximum Gasteiger partial charge on any atom is 0.433 e. The van der Waals surface area contributed by atoms with Gasteiger partial charge in [0.15, 0.2) is 5.65 Å². The van der Waals surface area contributed by atoms with E-state index in [-0.39, 0.29) is 45.4 Å². The van der Waals surface area contributed by atoms with Crippen molar-refractivity contribution in [1.82, 2.24) is 29.8 Å². The molecule has 0 aliphatic carbocycles. The zero-order valence-electron chi connectivity index (χ0n) is 16.8. The van der Waals surface area contributed by atoms with Crippen LogP contribution < -0.4 is 11.1 Å². The maximum atomic E-state index is 13.8. The van der Waals surface area contributed by atoms with Crippen LogP contribution in [-0.2, 0) is 6.18 Å². The van der Waals surface area contributed by atoms with Crippen LogP contribution in [0.4, 0.5) is 13.2 Å². The molecule has 166 valence electrons. The Kier molecular flexibility index (Phi) is 4.51. The molecule has 0 amide bonds. The van der Waals surface area contributed by atoms with Crippen LogP contribution in [0.1, 0.15) is 11.4 Å². The molecule has 0 bridgehead atoms. The Balaban J connectivity index is 1.75. The Morgan fingerprint density at radius 3 is 2.39 bits per heavy atom. The second-order valence-corrected chi connectivity index (χ2v) is 7.09. The molecule has 0 unspecified atom stereocenters. The SMILES string of the molecule is Cc1nc2c(-c3ccccc3)c(C(F)(F)F)[nH]n2c(=O)c1-c1nnc(-c2ccc[nH]c2=O)o1. The summed E-state index contributed by atoms with van der Waals surface area (Å²) in [6, 6.07) is 10.8. The molecule has 12 heteroatoms. The molecule has 0 aliphatic heterocycles. The number of aryl methyl sites for hydroxylation is 1. The molecule has 0 fully saturated rings. The van der Waals surface area contributed by atoms with Crippen molar-refractivity contribution in [3.8, 4) is 34.0 Å². The molecule has 4 aromatic heterocycles. The zero-order valence-corrected chi connectivity index (χ0v) is 16.8. The van der Waals surface area contributed by atoms with E-state index in [1.165, 1.54) is 31.3 Å². The first-order valence-electron chi connectivity index (χ1n) is 9.55. The van der Waals surface area contributed by atoms with Gasteiger partial charge in [0.2, 0.25) is 0 Å². The lowest BCUT2D eigenvalue weighted by molar-refractivity contribution is -0.140. The van der Waals surface area contributed by atoms with Gasteiger partial charge in [-0.3, -0.25) is 14.7 Å². The Morgan fingerprint density at radius 2 is 1.70 bits per heavy atom. The number of benzene rings is 1. The van der Waals surface area contributed by atoms with Gasteiger partial charge in [-0.2, -0.15) is 17.7 Å². The normalized spacial score (nSPS) is 11.9. The third-order valence-corrected chi connectivity index (χ3v) is 4.99. The minimum absolute atomic E-state index is 0.0774. The van der Waals surface area contributed by atoms with Crippen molar-refractivity contribution >= 4 is 5.65 Å². The zero-order chi connectivity index (χ0) is 23.3. The predicted molar refractivity (Wildman–Crippen MR) is 110 cm³/mol. The number of hydrogen-bond donors (Lipinski definition) is 2. The maximum absolute atomic E-state index is 13.8. The lowest BCUT2D eigenvalue weighted by Gasteiger charge is -2.07. The number of hydrogen-bond acceptors (Lipinski definition) is 6. The number of rotatable bonds is 3. The van der Waals surface area contributed by atoms with Crippen molar-refractivity contribution in [2.45, 2.75) is 13.1 Å². The van der Waals surface area contributed by atoms with E-state index in [0.29, 0.717) is 4.52 Å². The Bertz CT molecular complexity index is 1610. The van der Waals surface area contributed by atoms with Gasteiger partial charge in [-0.15, -0.1) is 10.2 Å². The summed E-state index contributed by atoms with van der Waals surface area (Å²) in [4.78, 5) is 31.9. The van der Waals surface area contributed by atoms with E-state index in [0.717, 1.165) is 0 Å². The third kappa shape index (κ3) is 3.32. The van der Waals surface area contributed by atoms with Crippen LogP contribution in [0.25, 0.3) is 39.7 Å². The average Bonchev–Trinajstić information content (AvgIpc) is 3.40. The van der Waals surface area contributed by atoms with Crippen LogP contribution >= 0.6 is 0 Å². The van der Waals surface area contributed by atoms with Crippen molar-refractivity contribution in [2.24, 2.45) is 0 Å². The standard InChI is InChI=1S/C21H13F3N6O3/c1-10-13(19-28-27-18(33-19)12-8-5-9-25-17(12)31)20(32)30-16(26-10)14(11-6-3-2-4-7-11)15(29-30)21(22,23)24/h2-9,29H,1H3,(H,25,31). The molecule has 5 aromatic rings. The molecule has 0 aliphatic rings.